The molecule has 0 unspecified atom stereocenters. The molecule has 1 saturated carbocycles. The SMILES string of the molecule is CN(C(=O)c1ccc(CC#N)cc1)C1CCCCC1. The molecule has 0 bridgehead atoms. The second-order valence-electron chi connectivity index (χ2n) is 5.24. The summed E-state index contributed by atoms with van der Waals surface area (Å²) in [4.78, 5) is 14.3. The molecule has 1 aromatic rings. The van der Waals surface area contributed by atoms with Gasteiger partial charge in [0, 0.05) is 18.7 Å². The van der Waals surface area contributed by atoms with Crippen molar-refractivity contribution in [1.82, 2.24) is 4.90 Å². The van der Waals surface area contributed by atoms with Crippen molar-refractivity contribution in [2.24, 2.45) is 0 Å². The fourth-order valence-corrected chi connectivity index (χ4v) is 2.69. The zero-order valence-electron chi connectivity index (χ0n) is 11.4. The summed E-state index contributed by atoms with van der Waals surface area (Å²) in [7, 11) is 1.90. The third kappa shape index (κ3) is 3.35. The molecule has 100 valence electrons. The smallest absolute Gasteiger partial charge is 0.253 e. The van der Waals surface area contributed by atoms with Gasteiger partial charge in [0.2, 0.25) is 0 Å². The minimum atomic E-state index is 0.0930. The van der Waals surface area contributed by atoms with Gasteiger partial charge in [-0.25, -0.2) is 0 Å². The molecule has 3 heteroatoms. The van der Waals surface area contributed by atoms with Crippen LogP contribution in [0, 0.1) is 11.3 Å². The highest BCUT2D eigenvalue weighted by atomic mass is 16.2. The number of amides is 1. The minimum Gasteiger partial charge on any atom is -0.339 e. The number of nitrogens with zero attached hydrogens (tertiary/aromatic N) is 2. The number of hydrogen-bond donors (Lipinski definition) is 0. The van der Waals surface area contributed by atoms with Crippen LogP contribution in [0.15, 0.2) is 24.3 Å². The van der Waals surface area contributed by atoms with Crippen LogP contribution in [-0.2, 0) is 6.42 Å². The van der Waals surface area contributed by atoms with Crippen molar-refractivity contribution in [3.63, 3.8) is 0 Å². The van der Waals surface area contributed by atoms with Crippen LogP contribution < -0.4 is 0 Å². The van der Waals surface area contributed by atoms with Gasteiger partial charge in [0.15, 0.2) is 0 Å². The Morgan fingerprint density at radius 2 is 1.89 bits per heavy atom. The van der Waals surface area contributed by atoms with Gasteiger partial charge in [0.25, 0.3) is 5.91 Å². The summed E-state index contributed by atoms with van der Waals surface area (Å²) in [6.45, 7) is 0. The first-order chi connectivity index (χ1) is 9.22. The van der Waals surface area contributed by atoms with Gasteiger partial charge in [-0.05, 0) is 30.5 Å². The average Bonchev–Trinajstić information content (AvgIpc) is 2.48. The Morgan fingerprint density at radius 3 is 2.47 bits per heavy atom. The highest BCUT2D eigenvalue weighted by Gasteiger charge is 2.22. The first kappa shape index (κ1) is 13.6. The van der Waals surface area contributed by atoms with Crippen LogP contribution in [0.1, 0.15) is 48.0 Å². The second-order valence-corrected chi connectivity index (χ2v) is 5.24. The molecule has 0 radical (unpaired) electrons. The summed E-state index contributed by atoms with van der Waals surface area (Å²) in [6, 6.07) is 9.89. The molecule has 19 heavy (non-hydrogen) atoms. The molecule has 1 fully saturated rings. The molecule has 0 saturated heterocycles. The van der Waals surface area contributed by atoms with Crippen LogP contribution in [0.5, 0.6) is 0 Å². The Labute approximate surface area is 114 Å². The van der Waals surface area contributed by atoms with Crippen molar-refractivity contribution in [2.45, 2.75) is 44.6 Å². The summed E-state index contributed by atoms with van der Waals surface area (Å²) in [5, 5.41) is 8.63. The van der Waals surface area contributed by atoms with Crippen molar-refractivity contribution < 1.29 is 4.79 Å². The third-order valence-corrected chi connectivity index (χ3v) is 3.93. The first-order valence-corrected chi connectivity index (χ1v) is 6.95. The van der Waals surface area contributed by atoms with E-state index in [-0.39, 0.29) is 5.91 Å². The topological polar surface area (TPSA) is 44.1 Å². The third-order valence-electron chi connectivity index (χ3n) is 3.93. The molecular formula is C16H20N2O. The quantitative estimate of drug-likeness (QED) is 0.833. The number of carbonyl (C=O) groups is 1. The predicted octanol–water partition coefficient (Wildman–Crippen LogP) is 3.16. The van der Waals surface area contributed by atoms with Crippen LogP contribution in [0.4, 0.5) is 0 Å². The molecule has 0 N–H and O–H groups in total. The molecule has 3 nitrogen and oxygen atoms in total. The highest BCUT2D eigenvalue weighted by molar-refractivity contribution is 5.94. The van der Waals surface area contributed by atoms with Crippen molar-refractivity contribution in [1.29, 1.82) is 5.26 Å². The van der Waals surface area contributed by atoms with Crippen LogP contribution in [0.3, 0.4) is 0 Å². The number of hydrogen-bond acceptors (Lipinski definition) is 2. The van der Waals surface area contributed by atoms with Gasteiger partial charge in [0.05, 0.1) is 12.5 Å². The maximum Gasteiger partial charge on any atom is 0.253 e. The summed E-state index contributed by atoms with van der Waals surface area (Å²) in [6.07, 6.45) is 6.38. The standard InChI is InChI=1S/C16H20N2O/c1-18(15-5-3-2-4-6-15)16(19)14-9-7-13(8-10-14)11-12-17/h7-10,15H,2-6,11H2,1H3. The number of nitriles is 1. The van der Waals surface area contributed by atoms with Gasteiger partial charge >= 0.3 is 0 Å². The summed E-state index contributed by atoms with van der Waals surface area (Å²) >= 11 is 0. The monoisotopic (exact) mass is 256 g/mol. The van der Waals surface area contributed by atoms with Crippen molar-refractivity contribution in [3.05, 3.63) is 35.4 Å². The molecule has 1 amide bonds. The summed E-state index contributed by atoms with van der Waals surface area (Å²) in [5.41, 5.74) is 1.68. The van der Waals surface area contributed by atoms with Crippen molar-refractivity contribution >= 4 is 5.91 Å². The molecule has 1 aliphatic carbocycles. The normalized spacial score (nSPS) is 15.8. The Bertz CT molecular complexity index is 467. The lowest BCUT2D eigenvalue weighted by atomic mass is 9.94. The van der Waals surface area contributed by atoms with E-state index in [0.717, 1.165) is 24.0 Å². The van der Waals surface area contributed by atoms with Gasteiger partial charge in [-0.15, -0.1) is 0 Å². The lowest BCUT2D eigenvalue weighted by Crippen LogP contribution is -2.38. The second kappa shape index (κ2) is 6.38. The molecule has 0 heterocycles. The van der Waals surface area contributed by atoms with Gasteiger partial charge in [-0.3, -0.25) is 4.79 Å². The van der Waals surface area contributed by atoms with E-state index in [9.17, 15) is 4.79 Å². The molecule has 0 aromatic heterocycles. The maximum absolute atomic E-state index is 12.4. The molecule has 1 aliphatic rings. The average molecular weight is 256 g/mol. The molecule has 0 spiro atoms. The summed E-state index contributed by atoms with van der Waals surface area (Å²) in [5.74, 6) is 0.0930. The van der Waals surface area contributed by atoms with Crippen LogP contribution >= 0.6 is 0 Å². The van der Waals surface area contributed by atoms with E-state index < -0.39 is 0 Å². The lowest BCUT2D eigenvalue weighted by Gasteiger charge is -2.31. The molecule has 2 rings (SSSR count). The number of carbonyl (C=O) groups excluding carboxylic acids is 1. The summed E-state index contributed by atoms with van der Waals surface area (Å²) < 4.78 is 0. The fraction of sp³-hybridized carbons (Fsp3) is 0.500. The maximum atomic E-state index is 12.4. The molecule has 0 atom stereocenters. The Hall–Kier alpha value is -1.82. The first-order valence-electron chi connectivity index (χ1n) is 6.95. The van der Waals surface area contributed by atoms with E-state index in [1.165, 1.54) is 19.3 Å². The van der Waals surface area contributed by atoms with Crippen molar-refractivity contribution in [2.75, 3.05) is 7.05 Å². The van der Waals surface area contributed by atoms with E-state index in [1.54, 1.807) is 0 Å². The Kier molecular flexibility index (Phi) is 4.57. The Morgan fingerprint density at radius 1 is 1.26 bits per heavy atom. The lowest BCUT2D eigenvalue weighted by molar-refractivity contribution is 0.0696. The van der Waals surface area contributed by atoms with Crippen molar-refractivity contribution in [3.8, 4) is 6.07 Å². The van der Waals surface area contributed by atoms with Crippen LogP contribution in [-0.4, -0.2) is 23.9 Å². The van der Waals surface area contributed by atoms with Crippen LogP contribution in [0.25, 0.3) is 0 Å². The van der Waals surface area contributed by atoms with Gasteiger partial charge in [-0.1, -0.05) is 31.4 Å². The number of benzene rings is 1. The van der Waals surface area contributed by atoms with E-state index in [0.29, 0.717) is 12.5 Å². The van der Waals surface area contributed by atoms with E-state index in [2.05, 4.69) is 6.07 Å². The minimum absolute atomic E-state index is 0.0930. The Balaban J connectivity index is 2.03. The number of rotatable bonds is 3. The molecule has 0 aliphatic heterocycles. The van der Waals surface area contributed by atoms with Gasteiger partial charge in [-0.2, -0.15) is 5.26 Å². The zero-order valence-corrected chi connectivity index (χ0v) is 11.4. The molecule has 1 aromatic carbocycles. The molecular weight excluding hydrogens is 236 g/mol. The van der Waals surface area contributed by atoms with E-state index in [4.69, 9.17) is 5.26 Å². The van der Waals surface area contributed by atoms with E-state index in [1.807, 2.05) is 36.2 Å². The van der Waals surface area contributed by atoms with E-state index >= 15 is 0 Å². The predicted molar refractivity (Wildman–Crippen MR) is 74.7 cm³/mol. The largest absolute Gasteiger partial charge is 0.339 e. The van der Waals surface area contributed by atoms with Gasteiger partial charge < -0.3 is 4.90 Å². The zero-order chi connectivity index (χ0) is 13.7. The van der Waals surface area contributed by atoms with Gasteiger partial charge in [0.1, 0.15) is 0 Å². The highest BCUT2D eigenvalue weighted by Crippen LogP contribution is 2.23. The van der Waals surface area contributed by atoms with Crippen LogP contribution in [0.2, 0.25) is 0 Å². The fourth-order valence-electron chi connectivity index (χ4n) is 2.69.